The van der Waals surface area contributed by atoms with Crippen molar-refractivity contribution in [2.45, 2.75) is 50.9 Å². The summed E-state index contributed by atoms with van der Waals surface area (Å²) in [5.41, 5.74) is 8.35. The van der Waals surface area contributed by atoms with Crippen LogP contribution in [0.2, 0.25) is 0 Å². The van der Waals surface area contributed by atoms with Gasteiger partial charge in [0.05, 0.1) is 12.6 Å². The Morgan fingerprint density at radius 3 is 2.42 bits per heavy atom. The minimum absolute atomic E-state index is 0.00790. The van der Waals surface area contributed by atoms with E-state index < -0.39 is 18.2 Å². The highest BCUT2D eigenvalue weighted by Gasteiger charge is 2.18. The number of aldehydes is 1. The number of nitrogens with zero attached hydrogens (tertiary/aromatic N) is 1. The molecule has 0 saturated carbocycles. The first-order chi connectivity index (χ1) is 17.3. The standard InChI is InChI=1S/C27H35N5O4/c1-2-22(18-26(35)36)30-24(31-25(34)11-7-17-33)10-6-16-32(19-20-8-4-3-5-9-20)23-14-12-21(13-15-23)27(28)29/h2-5,8-9,12-15,17,22,24,30H,1,6-7,10-11,16,18-19H2,(H3,28,29)(H,31,34)(H,35,36). The van der Waals surface area contributed by atoms with Gasteiger partial charge in [-0.2, -0.15) is 0 Å². The van der Waals surface area contributed by atoms with E-state index in [1.54, 1.807) is 0 Å². The van der Waals surface area contributed by atoms with Crippen LogP contribution in [0, 0.1) is 5.41 Å². The van der Waals surface area contributed by atoms with E-state index in [1.807, 2.05) is 42.5 Å². The molecule has 2 atom stereocenters. The number of carboxylic acid groups (broad SMARTS) is 1. The number of amides is 1. The summed E-state index contributed by atoms with van der Waals surface area (Å²) in [5, 5.41) is 22.8. The fraction of sp³-hybridized carbons (Fsp3) is 0.333. The number of nitrogens with two attached hydrogens (primary N) is 1. The summed E-state index contributed by atoms with van der Waals surface area (Å²) in [4.78, 5) is 36.3. The molecule has 2 aromatic carbocycles. The molecular weight excluding hydrogens is 458 g/mol. The topological polar surface area (TPSA) is 149 Å². The third kappa shape index (κ3) is 10.1. The summed E-state index contributed by atoms with van der Waals surface area (Å²) in [6, 6.07) is 17.0. The molecule has 0 aromatic heterocycles. The van der Waals surface area contributed by atoms with Gasteiger partial charge in [-0.05, 0) is 42.7 Å². The number of hydrogen-bond acceptors (Lipinski definition) is 6. The highest BCUT2D eigenvalue weighted by atomic mass is 16.4. The summed E-state index contributed by atoms with van der Waals surface area (Å²) in [6.45, 7) is 5.02. The van der Waals surface area contributed by atoms with E-state index in [9.17, 15) is 14.4 Å². The molecule has 2 aromatic rings. The van der Waals surface area contributed by atoms with E-state index in [1.165, 1.54) is 6.08 Å². The van der Waals surface area contributed by atoms with E-state index in [4.69, 9.17) is 16.2 Å². The quantitative estimate of drug-likeness (QED) is 0.0748. The summed E-state index contributed by atoms with van der Waals surface area (Å²) >= 11 is 0. The molecule has 2 rings (SSSR count). The highest BCUT2D eigenvalue weighted by molar-refractivity contribution is 5.95. The molecule has 9 heteroatoms. The maximum atomic E-state index is 12.3. The van der Waals surface area contributed by atoms with Crippen LogP contribution in [0.1, 0.15) is 43.2 Å². The molecule has 1 amide bonds. The zero-order chi connectivity index (χ0) is 26.3. The van der Waals surface area contributed by atoms with Crippen molar-refractivity contribution in [3.63, 3.8) is 0 Å². The fourth-order valence-electron chi connectivity index (χ4n) is 3.75. The van der Waals surface area contributed by atoms with Gasteiger partial charge in [-0.3, -0.25) is 20.3 Å². The highest BCUT2D eigenvalue weighted by Crippen LogP contribution is 2.19. The Morgan fingerprint density at radius 2 is 1.83 bits per heavy atom. The monoisotopic (exact) mass is 493 g/mol. The molecule has 6 N–H and O–H groups in total. The normalized spacial score (nSPS) is 12.2. The molecule has 0 bridgehead atoms. The number of anilines is 1. The van der Waals surface area contributed by atoms with Crippen LogP contribution in [0.25, 0.3) is 0 Å². The van der Waals surface area contributed by atoms with Crippen LogP contribution in [-0.2, 0) is 20.9 Å². The average Bonchev–Trinajstić information content (AvgIpc) is 2.86. The van der Waals surface area contributed by atoms with E-state index in [0.717, 1.165) is 11.3 Å². The van der Waals surface area contributed by atoms with Gasteiger partial charge >= 0.3 is 5.97 Å². The Bertz CT molecular complexity index is 1010. The Balaban J connectivity index is 2.12. The van der Waals surface area contributed by atoms with E-state index in [0.29, 0.717) is 37.8 Å². The molecular formula is C27H35N5O4. The first kappa shape index (κ1) is 28.3. The lowest BCUT2D eigenvalue weighted by Crippen LogP contribution is -2.49. The predicted molar refractivity (Wildman–Crippen MR) is 141 cm³/mol. The van der Waals surface area contributed by atoms with Gasteiger partial charge in [0.2, 0.25) is 5.91 Å². The van der Waals surface area contributed by atoms with E-state index in [2.05, 4.69) is 34.2 Å². The molecule has 0 fully saturated rings. The summed E-state index contributed by atoms with van der Waals surface area (Å²) in [6.07, 6.45) is 2.98. The molecule has 9 nitrogen and oxygen atoms in total. The van der Waals surface area contributed by atoms with Gasteiger partial charge < -0.3 is 25.9 Å². The average molecular weight is 494 g/mol. The zero-order valence-corrected chi connectivity index (χ0v) is 20.4. The lowest BCUT2D eigenvalue weighted by molar-refractivity contribution is -0.137. The Kier molecular flexibility index (Phi) is 11.9. The molecule has 36 heavy (non-hydrogen) atoms. The first-order valence-electron chi connectivity index (χ1n) is 11.9. The number of benzene rings is 2. The predicted octanol–water partition coefficient (Wildman–Crippen LogP) is 2.80. The van der Waals surface area contributed by atoms with Crippen LogP contribution in [-0.4, -0.2) is 47.9 Å². The van der Waals surface area contributed by atoms with E-state index in [-0.39, 0.29) is 31.0 Å². The summed E-state index contributed by atoms with van der Waals surface area (Å²) in [5.74, 6) is -1.24. The Morgan fingerprint density at radius 1 is 1.14 bits per heavy atom. The third-order valence-corrected chi connectivity index (χ3v) is 5.60. The van der Waals surface area contributed by atoms with Crippen molar-refractivity contribution >= 4 is 29.7 Å². The van der Waals surface area contributed by atoms with Crippen LogP contribution in [0.4, 0.5) is 5.69 Å². The third-order valence-electron chi connectivity index (χ3n) is 5.60. The van der Waals surface area contributed by atoms with Gasteiger partial charge in [0.25, 0.3) is 0 Å². The number of hydrogen-bond donors (Lipinski definition) is 5. The largest absolute Gasteiger partial charge is 0.481 e. The van der Waals surface area contributed by atoms with Crippen LogP contribution < -0.4 is 21.3 Å². The van der Waals surface area contributed by atoms with Gasteiger partial charge in [0.1, 0.15) is 12.1 Å². The minimum Gasteiger partial charge on any atom is -0.481 e. The van der Waals surface area contributed by atoms with Gasteiger partial charge in [-0.1, -0.05) is 36.4 Å². The van der Waals surface area contributed by atoms with Crippen molar-refractivity contribution < 1.29 is 19.5 Å². The summed E-state index contributed by atoms with van der Waals surface area (Å²) in [7, 11) is 0. The van der Waals surface area contributed by atoms with Crippen LogP contribution in [0.5, 0.6) is 0 Å². The van der Waals surface area contributed by atoms with Gasteiger partial charge in [-0.15, -0.1) is 6.58 Å². The molecule has 0 radical (unpaired) electrons. The number of carbonyl (C=O) groups excluding carboxylic acids is 2. The van der Waals surface area contributed by atoms with Gasteiger partial charge in [0.15, 0.2) is 0 Å². The number of amidine groups is 1. The Hall–Kier alpha value is -3.98. The molecule has 0 saturated heterocycles. The number of nitrogen functional groups attached to an aromatic ring is 1. The smallest absolute Gasteiger partial charge is 0.305 e. The number of carbonyl (C=O) groups is 3. The Labute approximate surface area is 211 Å². The summed E-state index contributed by atoms with van der Waals surface area (Å²) < 4.78 is 0. The van der Waals surface area contributed by atoms with Crippen molar-refractivity contribution in [3.8, 4) is 0 Å². The van der Waals surface area contributed by atoms with Crippen LogP contribution >= 0.6 is 0 Å². The molecule has 0 aliphatic heterocycles. The van der Waals surface area contributed by atoms with Crippen molar-refractivity contribution in [2.75, 3.05) is 11.4 Å². The first-order valence-corrected chi connectivity index (χ1v) is 11.9. The van der Waals surface area contributed by atoms with Crippen molar-refractivity contribution in [2.24, 2.45) is 5.73 Å². The molecule has 0 aliphatic carbocycles. The number of aliphatic carboxylic acids is 1. The second-order valence-electron chi connectivity index (χ2n) is 8.44. The lowest BCUT2D eigenvalue weighted by atomic mass is 10.1. The number of nitrogens with one attached hydrogen (secondary N) is 3. The van der Waals surface area contributed by atoms with Crippen LogP contribution in [0.3, 0.4) is 0 Å². The zero-order valence-electron chi connectivity index (χ0n) is 20.4. The van der Waals surface area contributed by atoms with Crippen molar-refractivity contribution in [1.82, 2.24) is 10.6 Å². The molecule has 0 heterocycles. The van der Waals surface area contributed by atoms with Crippen molar-refractivity contribution in [1.29, 1.82) is 5.41 Å². The number of rotatable bonds is 17. The SMILES string of the molecule is C=CC(CC(=O)O)NC(CCCN(Cc1ccccc1)c1ccc(C(=N)N)cc1)NC(=O)CCC=O. The minimum atomic E-state index is -0.971. The van der Waals surface area contributed by atoms with Crippen molar-refractivity contribution in [3.05, 3.63) is 78.4 Å². The molecule has 0 aliphatic rings. The lowest BCUT2D eigenvalue weighted by Gasteiger charge is -2.28. The molecule has 2 unspecified atom stereocenters. The molecule has 0 spiro atoms. The number of carboxylic acids is 1. The molecule has 192 valence electrons. The second-order valence-corrected chi connectivity index (χ2v) is 8.44. The van der Waals surface area contributed by atoms with Crippen LogP contribution in [0.15, 0.2) is 67.3 Å². The van der Waals surface area contributed by atoms with Gasteiger partial charge in [0, 0.05) is 43.2 Å². The van der Waals surface area contributed by atoms with E-state index >= 15 is 0 Å². The second kappa shape index (κ2) is 15.1. The fourth-order valence-corrected chi connectivity index (χ4v) is 3.75. The maximum Gasteiger partial charge on any atom is 0.305 e. The maximum absolute atomic E-state index is 12.3. The van der Waals surface area contributed by atoms with Gasteiger partial charge in [-0.25, -0.2) is 0 Å².